The molecule has 33 heavy (non-hydrogen) atoms. The summed E-state index contributed by atoms with van der Waals surface area (Å²) in [5.74, 6) is -0.699. The van der Waals surface area contributed by atoms with Gasteiger partial charge in [0.2, 0.25) is 11.8 Å². The van der Waals surface area contributed by atoms with Crippen LogP contribution >= 0.6 is 0 Å². The van der Waals surface area contributed by atoms with E-state index in [0.29, 0.717) is 35.6 Å². The summed E-state index contributed by atoms with van der Waals surface area (Å²) in [7, 11) is 0. The van der Waals surface area contributed by atoms with Crippen molar-refractivity contribution in [2.45, 2.75) is 40.0 Å². The minimum absolute atomic E-state index is 0.130. The predicted octanol–water partition coefficient (Wildman–Crippen LogP) is 4.66. The van der Waals surface area contributed by atoms with E-state index in [2.05, 4.69) is 21.5 Å². The zero-order valence-electron chi connectivity index (χ0n) is 19.2. The van der Waals surface area contributed by atoms with Crippen molar-refractivity contribution in [3.05, 3.63) is 83.0 Å². The number of carbonyl (C=O) groups is 2. The second-order valence-electron chi connectivity index (χ2n) is 7.86. The minimum atomic E-state index is -0.421. The van der Waals surface area contributed by atoms with Crippen LogP contribution in [0.15, 0.2) is 88.1 Å². The van der Waals surface area contributed by atoms with E-state index >= 15 is 0 Å². The molecule has 1 aliphatic carbocycles. The van der Waals surface area contributed by atoms with E-state index in [9.17, 15) is 14.0 Å². The van der Waals surface area contributed by atoms with Crippen LogP contribution in [0.4, 0.5) is 10.1 Å². The van der Waals surface area contributed by atoms with Gasteiger partial charge in [0.15, 0.2) is 0 Å². The van der Waals surface area contributed by atoms with Crippen LogP contribution in [0.2, 0.25) is 0 Å². The zero-order chi connectivity index (χ0) is 23.8. The SMILES string of the molecule is C/C=C(/C1=C=CC=C(F)C(CCC)=C1)N(/N=C(\C)NC(=O)[C@H]1CNC(=O)C1)c1ccccc1. The molecule has 1 saturated heterocycles. The van der Waals surface area contributed by atoms with Crippen molar-refractivity contribution in [3.8, 4) is 0 Å². The van der Waals surface area contributed by atoms with Crippen molar-refractivity contribution < 1.29 is 14.0 Å². The summed E-state index contributed by atoms with van der Waals surface area (Å²) >= 11 is 0. The van der Waals surface area contributed by atoms with Gasteiger partial charge in [0.1, 0.15) is 11.7 Å². The Morgan fingerprint density at radius 3 is 2.76 bits per heavy atom. The number of para-hydroxylation sites is 1. The molecule has 1 atom stereocenters. The number of nitrogens with zero attached hydrogens (tertiary/aromatic N) is 2. The molecule has 2 N–H and O–H groups in total. The van der Waals surface area contributed by atoms with E-state index in [1.54, 1.807) is 24.1 Å². The minimum Gasteiger partial charge on any atom is -0.355 e. The maximum Gasteiger partial charge on any atom is 0.230 e. The fourth-order valence-corrected chi connectivity index (χ4v) is 3.66. The molecular weight excluding hydrogens is 419 g/mol. The lowest BCUT2D eigenvalue weighted by molar-refractivity contribution is -0.125. The molecule has 0 aromatic heterocycles. The monoisotopic (exact) mass is 448 g/mol. The fraction of sp³-hybridized carbons (Fsp3) is 0.308. The Hall–Kier alpha value is -3.70. The van der Waals surface area contributed by atoms with Gasteiger partial charge in [0.25, 0.3) is 0 Å². The molecule has 1 aromatic carbocycles. The average molecular weight is 449 g/mol. The van der Waals surface area contributed by atoms with Gasteiger partial charge in [0, 0.05) is 18.5 Å². The molecule has 0 unspecified atom stereocenters. The molecular formula is C26H29FN4O2. The lowest BCUT2D eigenvalue weighted by atomic mass is 10.0. The smallest absolute Gasteiger partial charge is 0.230 e. The number of carbonyl (C=O) groups excluding carboxylic acids is 2. The number of rotatable bonds is 7. The molecule has 2 aliphatic rings. The number of amidine groups is 1. The Morgan fingerprint density at radius 1 is 1.36 bits per heavy atom. The van der Waals surface area contributed by atoms with Crippen LogP contribution in [0.3, 0.4) is 0 Å². The number of hydrogen-bond acceptors (Lipinski definition) is 4. The predicted molar refractivity (Wildman–Crippen MR) is 129 cm³/mol. The van der Waals surface area contributed by atoms with Crippen LogP contribution < -0.4 is 15.6 Å². The zero-order valence-corrected chi connectivity index (χ0v) is 19.2. The summed E-state index contributed by atoms with van der Waals surface area (Å²) in [6.07, 6.45) is 8.25. The Labute approximate surface area is 193 Å². The first-order chi connectivity index (χ1) is 15.9. The molecule has 6 nitrogen and oxygen atoms in total. The molecule has 0 bridgehead atoms. The van der Waals surface area contributed by atoms with E-state index in [4.69, 9.17) is 0 Å². The van der Waals surface area contributed by atoms with Crippen LogP contribution in [0, 0.1) is 5.92 Å². The number of benzene rings is 1. The summed E-state index contributed by atoms with van der Waals surface area (Å²) in [6.45, 7) is 5.90. The molecule has 172 valence electrons. The lowest BCUT2D eigenvalue weighted by Gasteiger charge is -2.24. The molecule has 1 fully saturated rings. The largest absolute Gasteiger partial charge is 0.355 e. The highest BCUT2D eigenvalue weighted by atomic mass is 19.1. The van der Waals surface area contributed by atoms with Crippen LogP contribution in [0.25, 0.3) is 0 Å². The molecule has 0 spiro atoms. The average Bonchev–Trinajstić information content (AvgIpc) is 3.16. The standard InChI is InChI=1S/C26H29FN4O2/c1-4-10-19-15-20(11-9-14-23(19)27)24(5-2)31(22-12-7-6-8-13-22)30-18(3)29-26(33)21-16-25(32)28-17-21/h5-9,12-15,21H,4,10,16-17H2,1-3H3,(H,28,32)(H,29,30,33)/b24-5-/t21-/m1/s1. The molecule has 1 aromatic rings. The topological polar surface area (TPSA) is 73.8 Å². The summed E-state index contributed by atoms with van der Waals surface area (Å²) in [4.78, 5) is 24.0. The van der Waals surface area contributed by atoms with Crippen molar-refractivity contribution in [1.29, 1.82) is 0 Å². The number of allylic oxidation sites excluding steroid dienone is 5. The van der Waals surface area contributed by atoms with E-state index in [-0.39, 0.29) is 24.1 Å². The summed E-state index contributed by atoms with van der Waals surface area (Å²) < 4.78 is 14.5. The lowest BCUT2D eigenvalue weighted by Crippen LogP contribution is -2.36. The van der Waals surface area contributed by atoms with Crippen LogP contribution in [0.5, 0.6) is 0 Å². The van der Waals surface area contributed by atoms with Gasteiger partial charge in [-0.2, -0.15) is 5.10 Å². The van der Waals surface area contributed by atoms with E-state index in [1.165, 1.54) is 6.08 Å². The normalized spacial score (nSPS) is 18.7. The first-order valence-corrected chi connectivity index (χ1v) is 11.1. The quantitative estimate of drug-likeness (QED) is 0.276. The van der Waals surface area contributed by atoms with Crippen LogP contribution in [-0.4, -0.2) is 24.2 Å². The first-order valence-electron chi connectivity index (χ1n) is 11.1. The highest BCUT2D eigenvalue weighted by Crippen LogP contribution is 2.29. The number of amides is 2. The maximum absolute atomic E-state index is 14.5. The molecule has 0 radical (unpaired) electrons. The number of hydrazone groups is 1. The van der Waals surface area contributed by atoms with Crippen LogP contribution in [-0.2, 0) is 9.59 Å². The molecule has 0 saturated carbocycles. The molecule has 2 amide bonds. The van der Waals surface area contributed by atoms with Gasteiger partial charge in [-0.25, -0.2) is 9.40 Å². The van der Waals surface area contributed by atoms with Gasteiger partial charge in [-0.3, -0.25) is 9.59 Å². The molecule has 3 rings (SSSR count). The third-order valence-electron chi connectivity index (χ3n) is 5.29. The van der Waals surface area contributed by atoms with E-state index in [1.807, 2.05) is 50.3 Å². The second kappa shape index (κ2) is 11.2. The number of halogens is 1. The summed E-state index contributed by atoms with van der Waals surface area (Å²) in [6, 6.07) is 9.50. The van der Waals surface area contributed by atoms with Gasteiger partial charge >= 0.3 is 0 Å². The summed E-state index contributed by atoms with van der Waals surface area (Å²) in [5, 5.41) is 11.8. The molecule has 1 aliphatic heterocycles. The highest BCUT2D eigenvalue weighted by molar-refractivity contribution is 6.00. The summed E-state index contributed by atoms with van der Waals surface area (Å²) in [5.41, 5.74) is 5.91. The Kier molecular flexibility index (Phi) is 8.17. The van der Waals surface area contributed by atoms with Gasteiger partial charge in [-0.15, -0.1) is 5.73 Å². The van der Waals surface area contributed by atoms with E-state index in [0.717, 1.165) is 12.1 Å². The van der Waals surface area contributed by atoms with Crippen molar-refractivity contribution in [2.24, 2.45) is 11.0 Å². The third kappa shape index (κ3) is 6.18. The van der Waals surface area contributed by atoms with Gasteiger partial charge in [-0.1, -0.05) is 37.6 Å². The maximum atomic E-state index is 14.5. The van der Waals surface area contributed by atoms with Gasteiger partial charge in [0.05, 0.1) is 17.3 Å². The van der Waals surface area contributed by atoms with Crippen molar-refractivity contribution in [3.63, 3.8) is 0 Å². The van der Waals surface area contributed by atoms with E-state index < -0.39 is 5.92 Å². The van der Waals surface area contributed by atoms with Gasteiger partial charge < -0.3 is 10.6 Å². The third-order valence-corrected chi connectivity index (χ3v) is 5.29. The molecule has 1 heterocycles. The Bertz CT molecular complexity index is 1090. The fourth-order valence-electron chi connectivity index (χ4n) is 3.66. The highest BCUT2D eigenvalue weighted by Gasteiger charge is 2.28. The van der Waals surface area contributed by atoms with Crippen LogP contribution in [0.1, 0.15) is 40.0 Å². The van der Waals surface area contributed by atoms with Crippen molar-refractivity contribution in [1.82, 2.24) is 10.6 Å². The van der Waals surface area contributed by atoms with Crippen molar-refractivity contribution in [2.75, 3.05) is 11.6 Å². The number of nitrogens with one attached hydrogen (secondary N) is 2. The second-order valence-corrected chi connectivity index (χ2v) is 7.86. The molecule has 7 heteroatoms. The number of anilines is 1. The van der Waals surface area contributed by atoms with Crippen molar-refractivity contribution >= 4 is 23.3 Å². The first kappa shape index (κ1) is 24.0. The Balaban J connectivity index is 1.95. The number of hydrogen-bond donors (Lipinski definition) is 2. The Morgan fingerprint density at radius 2 is 2.12 bits per heavy atom. The van der Waals surface area contributed by atoms with Gasteiger partial charge in [-0.05, 0) is 56.2 Å².